The Labute approximate surface area is 107 Å². The molecule has 0 bridgehead atoms. The molecule has 0 unspecified atom stereocenters. The lowest BCUT2D eigenvalue weighted by Gasteiger charge is -2.04. The molecule has 8 heteroatoms. The topological polar surface area (TPSA) is 64.8 Å². The van der Waals surface area contributed by atoms with E-state index >= 15 is 0 Å². The first-order chi connectivity index (χ1) is 7.95. The van der Waals surface area contributed by atoms with Crippen LogP contribution >= 0.6 is 22.0 Å². The van der Waals surface area contributed by atoms with Crippen molar-refractivity contribution in [1.29, 1.82) is 0 Å². The fraction of sp³-hybridized carbons (Fsp3) is 0.333. The lowest BCUT2D eigenvalue weighted by atomic mass is 10.3. The summed E-state index contributed by atoms with van der Waals surface area (Å²) < 4.78 is 24.2. The smallest absolute Gasteiger partial charge is 0.296 e. The van der Waals surface area contributed by atoms with E-state index in [-0.39, 0.29) is 5.16 Å². The standard InChI is InChI=1S/C9H10ClN3O2S2/c1-3-13-8(7-6(2)4-5-16-7)11-12-9(13)17(10,14)15/h4-5H,3H2,1-2H3. The molecule has 0 aliphatic carbocycles. The van der Waals surface area contributed by atoms with Gasteiger partial charge in [0.05, 0.1) is 4.88 Å². The van der Waals surface area contributed by atoms with Crippen LogP contribution in [0.15, 0.2) is 16.6 Å². The lowest BCUT2D eigenvalue weighted by molar-refractivity contribution is 0.583. The zero-order chi connectivity index (χ0) is 12.6. The second-order valence-electron chi connectivity index (χ2n) is 3.42. The van der Waals surface area contributed by atoms with E-state index in [1.165, 1.54) is 15.9 Å². The summed E-state index contributed by atoms with van der Waals surface area (Å²) in [6.45, 7) is 4.21. The SMILES string of the molecule is CCn1c(-c2sccc2C)nnc1S(=O)(=O)Cl. The van der Waals surface area contributed by atoms with E-state index < -0.39 is 9.05 Å². The molecule has 92 valence electrons. The second-order valence-corrected chi connectivity index (χ2v) is 6.80. The van der Waals surface area contributed by atoms with Crippen molar-refractivity contribution in [2.75, 3.05) is 0 Å². The maximum absolute atomic E-state index is 11.3. The first kappa shape index (κ1) is 12.5. The maximum atomic E-state index is 11.3. The fourth-order valence-corrected chi connectivity index (χ4v) is 3.40. The summed E-state index contributed by atoms with van der Waals surface area (Å²) in [5, 5.41) is 9.29. The normalized spacial score (nSPS) is 11.9. The number of rotatable bonds is 3. The van der Waals surface area contributed by atoms with E-state index in [4.69, 9.17) is 10.7 Å². The van der Waals surface area contributed by atoms with Crippen LogP contribution in [0.4, 0.5) is 0 Å². The van der Waals surface area contributed by atoms with Crippen molar-refractivity contribution in [2.24, 2.45) is 0 Å². The molecule has 0 atom stereocenters. The van der Waals surface area contributed by atoms with E-state index in [2.05, 4.69) is 10.2 Å². The van der Waals surface area contributed by atoms with Gasteiger partial charge in [-0.2, -0.15) is 0 Å². The van der Waals surface area contributed by atoms with Crippen LogP contribution in [-0.4, -0.2) is 23.2 Å². The molecule has 0 saturated heterocycles. The van der Waals surface area contributed by atoms with Gasteiger partial charge in [0, 0.05) is 17.2 Å². The summed E-state index contributed by atoms with van der Waals surface area (Å²) in [6.07, 6.45) is 0. The summed E-state index contributed by atoms with van der Waals surface area (Å²) in [4.78, 5) is 0.908. The summed E-state index contributed by atoms with van der Waals surface area (Å²) in [5.41, 5.74) is 1.04. The Morgan fingerprint density at radius 1 is 1.47 bits per heavy atom. The van der Waals surface area contributed by atoms with Crippen LogP contribution in [0.3, 0.4) is 0 Å². The average molecular weight is 292 g/mol. The van der Waals surface area contributed by atoms with Crippen molar-refractivity contribution >= 4 is 31.1 Å². The summed E-state index contributed by atoms with van der Waals surface area (Å²) >= 11 is 1.49. The molecule has 2 heterocycles. The van der Waals surface area contributed by atoms with Gasteiger partial charge < -0.3 is 0 Å². The average Bonchev–Trinajstić information content (AvgIpc) is 2.81. The predicted molar refractivity (Wildman–Crippen MR) is 66.8 cm³/mol. The molecular formula is C9H10ClN3O2S2. The Bertz CT molecular complexity index is 645. The number of hydrogen-bond acceptors (Lipinski definition) is 5. The van der Waals surface area contributed by atoms with Crippen LogP contribution in [0.2, 0.25) is 0 Å². The molecule has 2 aromatic heterocycles. The van der Waals surface area contributed by atoms with Crippen molar-refractivity contribution < 1.29 is 8.42 Å². The second kappa shape index (κ2) is 4.40. The van der Waals surface area contributed by atoms with Crippen molar-refractivity contribution in [3.8, 4) is 10.7 Å². The van der Waals surface area contributed by atoms with Crippen LogP contribution in [0.25, 0.3) is 10.7 Å². The lowest BCUT2D eigenvalue weighted by Crippen LogP contribution is -2.06. The molecule has 0 spiro atoms. The number of thiophene rings is 1. The van der Waals surface area contributed by atoms with Gasteiger partial charge in [0.15, 0.2) is 5.82 Å². The molecule has 0 fully saturated rings. The van der Waals surface area contributed by atoms with Crippen LogP contribution in [-0.2, 0) is 15.6 Å². The Morgan fingerprint density at radius 2 is 2.18 bits per heavy atom. The van der Waals surface area contributed by atoms with E-state index in [0.717, 1.165) is 10.4 Å². The maximum Gasteiger partial charge on any atom is 0.296 e. The van der Waals surface area contributed by atoms with Crippen LogP contribution in [0.5, 0.6) is 0 Å². The molecule has 2 aromatic rings. The number of nitrogens with zero attached hydrogens (tertiary/aromatic N) is 3. The molecule has 0 aliphatic heterocycles. The van der Waals surface area contributed by atoms with E-state index in [9.17, 15) is 8.42 Å². The molecule has 0 saturated carbocycles. The molecule has 0 aromatic carbocycles. The van der Waals surface area contributed by atoms with Crippen molar-refractivity contribution in [2.45, 2.75) is 25.5 Å². The van der Waals surface area contributed by atoms with Crippen LogP contribution < -0.4 is 0 Å². The van der Waals surface area contributed by atoms with Gasteiger partial charge in [-0.1, -0.05) is 0 Å². The van der Waals surface area contributed by atoms with E-state index in [0.29, 0.717) is 12.4 Å². The van der Waals surface area contributed by atoms with Gasteiger partial charge in [-0.3, -0.25) is 4.57 Å². The zero-order valence-electron chi connectivity index (χ0n) is 9.21. The molecule has 0 radical (unpaired) electrons. The van der Waals surface area contributed by atoms with Gasteiger partial charge in [0.2, 0.25) is 0 Å². The van der Waals surface area contributed by atoms with Gasteiger partial charge in [-0.25, -0.2) is 8.42 Å². The minimum absolute atomic E-state index is 0.204. The van der Waals surface area contributed by atoms with Gasteiger partial charge in [-0.05, 0) is 30.9 Å². The fourth-order valence-electron chi connectivity index (χ4n) is 1.52. The van der Waals surface area contributed by atoms with Crippen molar-refractivity contribution in [1.82, 2.24) is 14.8 Å². The Kier molecular flexibility index (Phi) is 3.24. The van der Waals surface area contributed by atoms with Crippen LogP contribution in [0, 0.1) is 6.92 Å². The number of aromatic nitrogens is 3. The molecular weight excluding hydrogens is 282 g/mol. The van der Waals surface area contributed by atoms with Crippen molar-refractivity contribution in [3.05, 3.63) is 17.0 Å². The largest absolute Gasteiger partial charge is 0.296 e. The molecule has 2 rings (SSSR count). The molecule has 0 N–H and O–H groups in total. The van der Waals surface area contributed by atoms with E-state index in [1.807, 2.05) is 25.3 Å². The minimum Gasteiger partial charge on any atom is -0.296 e. The molecule has 0 amide bonds. The van der Waals surface area contributed by atoms with E-state index in [1.54, 1.807) is 0 Å². The summed E-state index contributed by atoms with van der Waals surface area (Å²) in [7, 11) is 1.45. The highest BCUT2D eigenvalue weighted by Gasteiger charge is 2.23. The zero-order valence-corrected chi connectivity index (χ0v) is 11.6. The third kappa shape index (κ3) is 2.22. The van der Waals surface area contributed by atoms with Crippen molar-refractivity contribution in [3.63, 3.8) is 0 Å². The first-order valence-corrected chi connectivity index (χ1v) is 8.06. The third-order valence-corrected chi connectivity index (χ3v) is 4.48. The summed E-state index contributed by atoms with van der Waals surface area (Å²) in [5.74, 6) is 0.541. The monoisotopic (exact) mass is 291 g/mol. The van der Waals surface area contributed by atoms with Gasteiger partial charge in [-0.15, -0.1) is 21.5 Å². The highest BCUT2D eigenvalue weighted by molar-refractivity contribution is 8.13. The highest BCUT2D eigenvalue weighted by Crippen LogP contribution is 2.29. The molecule has 0 aliphatic rings. The number of halogens is 1. The number of aryl methyl sites for hydroxylation is 1. The first-order valence-electron chi connectivity index (χ1n) is 4.87. The quantitative estimate of drug-likeness (QED) is 0.814. The minimum atomic E-state index is -3.86. The Morgan fingerprint density at radius 3 is 2.65 bits per heavy atom. The van der Waals surface area contributed by atoms with Gasteiger partial charge in [0.1, 0.15) is 0 Å². The van der Waals surface area contributed by atoms with Gasteiger partial charge in [0.25, 0.3) is 14.2 Å². The third-order valence-electron chi connectivity index (χ3n) is 2.32. The predicted octanol–water partition coefficient (Wildman–Crippen LogP) is 2.26. The molecule has 17 heavy (non-hydrogen) atoms. The summed E-state index contributed by atoms with van der Waals surface area (Å²) in [6, 6.07) is 1.95. The molecule has 5 nitrogen and oxygen atoms in total. The Hall–Kier alpha value is -0.920. The van der Waals surface area contributed by atoms with Crippen LogP contribution in [0.1, 0.15) is 12.5 Å². The Balaban J connectivity index is 2.66. The highest BCUT2D eigenvalue weighted by atomic mass is 35.7. The van der Waals surface area contributed by atoms with Gasteiger partial charge >= 0.3 is 0 Å². The number of hydrogen-bond donors (Lipinski definition) is 0.